The average Bonchev–Trinajstić information content (AvgIpc) is 3.01. The number of carbonyl (C=O) groups excluding carboxylic acids is 2. The first kappa shape index (κ1) is 22.6. The van der Waals surface area contributed by atoms with Crippen molar-refractivity contribution in [3.8, 4) is 0 Å². The highest BCUT2D eigenvalue weighted by Crippen LogP contribution is 2.18. The molecule has 0 spiro atoms. The van der Waals surface area contributed by atoms with Crippen molar-refractivity contribution in [2.24, 2.45) is 0 Å². The number of rotatable bonds is 8. The molecule has 1 heterocycles. The van der Waals surface area contributed by atoms with E-state index in [-0.39, 0.29) is 16.5 Å². The first-order chi connectivity index (χ1) is 13.5. The Hall–Kier alpha value is -2.72. The minimum atomic E-state index is -3.62. The molecule has 158 valence electrons. The van der Waals surface area contributed by atoms with Gasteiger partial charge in [-0.1, -0.05) is 12.1 Å². The summed E-state index contributed by atoms with van der Waals surface area (Å²) in [6, 6.07) is 5.44. The van der Waals surface area contributed by atoms with E-state index in [4.69, 9.17) is 9.26 Å². The van der Waals surface area contributed by atoms with E-state index in [0.29, 0.717) is 23.6 Å². The van der Waals surface area contributed by atoms with E-state index in [1.165, 1.54) is 31.2 Å². The number of anilines is 1. The molecule has 0 bridgehead atoms. The van der Waals surface area contributed by atoms with Gasteiger partial charge in [0.2, 0.25) is 10.0 Å². The maximum absolute atomic E-state index is 12.3. The largest absolute Gasteiger partial charge is 0.449 e. The van der Waals surface area contributed by atoms with Crippen molar-refractivity contribution in [2.45, 2.75) is 58.1 Å². The second-order valence-corrected chi connectivity index (χ2v) is 8.47. The van der Waals surface area contributed by atoms with E-state index in [2.05, 4.69) is 15.2 Å². The van der Waals surface area contributed by atoms with Crippen LogP contribution in [0.3, 0.4) is 0 Å². The number of sulfonamides is 1. The van der Waals surface area contributed by atoms with Crippen LogP contribution in [-0.2, 0) is 26.0 Å². The summed E-state index contributed by atoms with van der Waals surface area (Å²) in [4.78, 5) is 24.7. The van der Waals surface area contributed by atoms with Gasteiger partial charge < -0.3 is 14.6 Å². The predicted octanol–water partition coefficient (Wildman–Crippen LogP) is 2.42. The molecule has 0 fully saturated rings. The predicted molar refractivity (Wildman–Crippen MR) is 106 cm³/mol. The SMILES string of the molecule is CCc1noc(C)c1C(=O)O[C@@H](C)C(=O)Nc1ccc(S(=O)(=O)NC(C)C)cc1. The average molecular weight is 423 g/mol. The lowest BCUT2D eigenvalue weighted by atomic mass is 10.1. The third kappa shape index (κ3) is 5.64. The number of aromatic nitrogens is 1. The molecule has 0 saturated carbocycles. The van der Waals surface area contributed by atoms with Gasteiger partial charge in [-0.15, -0.1) is 0 Å². The summed E-state index contributed by atoms with van der Waals surface area (Å²) >= 11 is 0. The third-order valence-corrected chi connectivity index (χ3v) is 5.62. The fourth-order valence-electron chi connectivity index (χ4n) is 2.53. The van der Waals surface area contributed by atoms with Gasteiger partial charge in [0.15, 0.2) is 6.10 Å². The van der Waals surface area contributed by atoms with Crippen LogP contribution < -0.4 is 10.0 Å². The number of amides is 1. The lowest BCUT2D eigenvalue weighted by Gasteiger charge is -2.14. The summed E-state index contributed by atoms with van der Waals surface area (Å²) in [5.41, 5.74) is 1.06. The maximum atomic E-state index is 12.3. The van der Waals surface area contributed by atoms with Crippen LogP contribution in [0, 0.1) is 6.92 Å². The summed E-state index contributed by atoms with van der Waals surface area (Å²) in [7, 11) is -3.62. The van der Waals surface area contributed by atoms with Crippen molar-refractivity contribution in [1.82, 2.24) is 9.88 Å². The molecule has 1 atom stereocenters. The molecule has 2 rings (SSSR count). The van der Waals surface area contributed by atoms with Gasteiger partial charge in [-0.3, -0.25) is 4.79 Å². The number of nitrogens with one attached hydrogen (secondary N) is 2. The van der Waals surface area contributed by atoms with Crippen molar-refractivity contribution in [3.63, 3.8) is 0 Å². The highest BCUT2D eigenvalue weighted by atomic mass is 32.2. The van der Waals surface area contributed by atoms with E-state index >= 15 is 0 Å². The molecule has 0 aliphatic carbocycles. The second kappa shape index (κ2) is 9.19. The van der Waals surface area contributed by atoms with E-state index in [1.54, 1.807) is 20.8 Å². The molecule has 1 aromatic heterocycles. The Kier molecular flexibility index (Phi) is 7.15. The van der Waals surface area contributed by atoms with Crippen molar-refractivity contribution < 1.29 is 27.3 Å². The molecule has 0 aliphatic heterocycles. The minimum absolute atomic E-state index is 0.0821. The number of carbonyl (C=O) groups is 2. The van der Waals surface area contributed by atoms with Crippen LogP contribution in [0.5, 0.6) is 0 Å². The Morgan fingerprint density at radius 1 is 1.17 bits per heavy atom. The molecule has 1 amide bonds. The molecular weight excluding hydrogens is 398 g/mol. The number of hydrogen-bond acceptors (Lipinski definition) is 7. The number of ether oxygens (including phenoxy) is 1. The van der Waals surface area contributed by atoms with Crippen LogP contribution in [0.4, 0.5) is 5.69 Å². The minimum Gasteiger partial charge on any atom is -0.449 e. The number of benzene rings is 1. The lowest BCUT2D eigenvalue weighted by molar-refractivity contribution is -0.123. The Labute approximate surface area is 169 Å². The molecule has 10 heteroatoms. The Morgan fingerprint density at radius 2 is 1.79 bits per heavy atom. The quantitative estimate of drug-likeness (QED) is 0.624. The van der Waals surface area contributed by atoms with Gasteiger partial charge in [0.1, 0.15) is 11.3 Å². The molecule has 0 unspecified atom stereocenters. The van der Waals surface area contributed by atoms with Crippen molar-refractivity contribution in [1.29, 1.82) is 0 Å². The van der Waals surface area contributed by atoms with Gasteiger partial charge in [-0.05, 0) is 58.4 Å². The van der Waals surface area contributed by atoms with Crippen LogP contribution in [0.15, 0.2) is 33.7 Å². The normalized spacial score (nSPS) is 12.6. The molecule has 1 aromatic carbocycles. The highest BCUT2D eigenvalue weighted by molar-refractivity contribution is 7.89. The van der Waals surface area contributed by atoms with Gasteiger partial charge in [-0.25, -0.2) is 17.9 Å². The monoisotopic (exact) mass is 423 g/mol. The smallest absolute Gasteiger partial charge is 0.344 e. The highest BCUT2D eigenvalue weighted by Gasteiger charge is 2.25. The van der Waals surface area contributed by atoms with Crippen molar-refractivity contribution in [3.05, 3.63) is 41.3 Å². The van der Waals surface area contributed by atoms with E-state index in [9.17, 15) is 18.0 Å². The fraction of sp³-hybridized carbons (Fsp3) is 0.421. The zero-order valence-corrected chi connectivity index (χ0v) is 17.8. The summed E-state index contributed by atoms with van der Waals surface area (Å²) < 4.78 is 37.0. The molecule has 0 radical (unpaired) electrons. The molecule has 2 aromatic rings. The topological polar surface area (TPSA) is 128 Å². The third-order valence-electron chi connectivity index (χ3n) is 3.95. The van der Waals surface area contributed by atoms with E-state index in [1.807, 2.05) is 6.92 Å². The fourth-order valence-corrected chi connectivity index (χ4v) is 3.78. The van der Waals surface area contributed by atoms with Crippen LogP contribution in [0.25, 0.3) is 0 Å². The molecule has 29 heavy (non-hydrogen) atoms. The van der Waals surface area contributed by atoms with Gasteiger partial charge in [0.25, 0.3) is 5.91 Å². The first-order valence-corrected chi connectivity index (χ1v) is 10.6. The van der Waals surface area contributed by atoms with Crippen molar-refractivity contribution >= 4 is 27.6 Å². The maximum Gasteiger partial charge on any atom is 0.344 e. The summed E-state index contributed by atoms with van der Waals surface area (Å²) in [5, 5.41) is 6.37. The Bertz CT molecular complexity index is 980. The van der Waals surface area contributed by atoms with Gasteiger partial charge in [-0.2, -0.15) is 0 Å². The van der Waals surface area contributed by atoms with Crippen LogP contribution in [0.2, 0.25) is 0 Å². The molecule has 2 N–H and O–H groups in total. The van der Waals surface area contributed by atoms with Crippen LogP contribution >= 0.6 is 0 Å². The first-order valence-electron chi connectivity index (χ1n) is 9.14. The molecule has 0 aliphatic rings. The van der Waals surface area contributed by atoms with E-state index in [0.717, 1.165) is 0 Å². The number of nitrogens with zero attached hydrogens (tertiary/aromatic N) is 1. The summed E-state index contributed by atoms with van der Waals surface area (Å²) in [5.74, 6) is -0.919. The van der Waals surface area contributed by atoms with Crippen LogP contribution in [0.1, 0.15) is 49.5 Å². The standard InChI is InChI=1S/C19H25N3O6S/c1-6-16-17(12(4)28-21-16)19(24)27-13(5)18(23)20-14-7-9-15(10-8-14)29(25,26)22-11(2)3/h7-11,13,22H,6H2,1-5H3,(H,20,23)/t13-/m0/s1. The number of esters is 1. The zero-order valence-electron chi connectivity index (χ0n) is 17.0. The van der Waals surface area contributed by atoms with Crippen molar-refractivity contribution in [2.75, 3.05) is 5.32 Å². The Balaban J connectivity index is 2.02. The zero-order chi connectivity index (χ0) is 21.8. The molecule has 0 saturated heterocycles. The lowest BCUT2D eigenvalue weighted by Crippen LogP contribution is -2.31. The molecule has 9 nitrogen and oxygen atoms in total. The van der Waals surface area contributed by atoms with E-state index < -0.39 is 28.0 Å². The molecular formula is C19H25N3O6S. The van der Waals surface area contributed by atoms with Gasteiger partial charge in [0, 0.05) is 11.7 Å². The van der Waals surface area contributed by atoms with Gasteiger partial charge >= 0.3 is 5.97 Å². The number of aryl methyl sites for hydroxylation is 2. The van der Waals surface area contributed by atoms with Crippen LogP contribution in [-0.4, -0.2) is 37.6 Å². The number of hydrogen-bond donors (Lipinski definition) is 2. The second-order valence-electron chi connectivity index (χ2n) is 6.75. The Morgan fingerprint density at radius 3 is 2.34 bits per heavy atom. The summed E-state index contributed by atoms with van der Waals surface area (Å²) in [6.07, 6.45) is -0.587. The van der Waals surface area contributed by atoms with Gasteiger partial charge in [0.05, 0.1) is 10.6 Å². The summed E-state index contributed by atoms with van der Waals surface area (Å²) in [6.45, 7) is 8.30.